The SMILES string of the molecule is Cc1nccc(NC2CN(C(=O)CN3CCOCC3)CC2C(C)C)n1. The number of morpholine rings is 1. The number of nitrogens with one attached hydrogen (secondary N) is 1. The Morgan fingerprint density at radius 2 is 2.12 bits per heavy atom. The van der Waals surface area contributed by atoms with Crippen LogP contribution in [0.25, 0.3) is 0 Å². The van der Waals surface area contributed by atoms with Crippen molar-refractivity contribution in [3.05, 3.63) is 18.1 Å². The van der Waals surface area contributed by atoms with E-state index in [2.05, 4.69) is 34.0 Å². The van der Waals surface area contributed by atoms with Crippen molar-refractivity contribution < 1.29 is 9.53 Å². The highest BCUT2D eigenvalue weighted by Crippen LogP contribution is 2.27. The lowest BCUT2D eigenvalue weighted by atomic mass is 9.91. The Morgan fingerprint density at radius 3 is 2.80 bits per heavy atom. The minimum atomic E-state index is 0.218. The first kappa shape index (κ1) is 18.1. The van der Waals surface area contributed by atoms with E-state index in [1.165, 1.54) is 0 Å². The number of hydrogen-bond donors (Lipinski definition) is 1. The number of rotatable bonds is 5. The highest BCUT2D eigenvalue weighted by atomic mass is 16.5. The molecule has 2 fully saturated rings. The molecule has 25 heavy (non-hydrogen) atoms. The van der Waals surface area contributed by atoms with Gasteiger partial charge in [0.05, 0.1) is 19.8 Å². The molecule has 2 aliphatic rings. The van der Waals surface area contributed by atoms with Crippen LogP contribution in [0.2, 0.25) is 0 Å². The summed E-state index contributed by atoms with van der Waals surface area (Å²) in [4.78, 5) is 25.5. The summed E-state index contributed by atoms with van der Waals surface area (Å²) in [7, 11) is 0. The minimum absolute atomic E-state index is 0.218. The molecule has 0 aromatic carbocycles. The molecule has 2 atom stereocenters. The molecule has 1 aromatic rings. The zero-order valence-corrected chi connectivity index (χ0v) is 15.4. The molecule has 0 aliphatic carbocycles. The summed E-state index contributed by atoms with van der Waals surface area (Å²) in [5, 5.41) is 3.52. The average Bonchev–Trinajstić information content (AvgIpc) is 3.00. The fourth-order valence-corrected chi connectivity index (χ4v) is 3.64. The van der Waals surface area contributed by atoms with Gasteiger partial charge in [0.15, 0.2) is 0 Å². The Hall–Kier alpha value is -1.73. The van der Waals surface area contributed by atoms with E-state index in [4.69, 9.17) is 4.74 Å². The van der Waals surface area contributed by atoms with Crippen molar-refractivity contribution >= 4 is 11.7 Å². The van der Waals surface area contributed by atoms with Gasteiger partial charge in [0.2, 0.25) is 5.91 Å². The van der Waals surface area contributed by atoms with Gasteiger partial charge < -0.3 is 15.0 Å². The number of carbonyl (C=O) groups excluding carboxylic acids is 1. The third kappa shape index (κ3) is 4.67. The molecule has 2 aliphatic heterocycles. The highest BCUT2D eigenvalue weighted by molar-refractivity contribution is 5.78. The van der Waals surface area contributed by atoms with Gasteiger partial charge in [0, 0.05) is 44.3 Å². The zero-order valence-electron chi connectivity index (χ0n) is 15.4. The second-order valence-electron chi connectivity index (χ2n) is 7.34. The summed E-state index contributed by atoms with van der Waals surface area (Å²) in [6.07, 6.45) is 1.77. The fourth-order valence-electron chi connectivity index (χ4n) is 3.64. The maximum absolute atomic E-state index is 12.7. The Labute approximate surface area is 149 Å². The Bertz CT molecular complexity index is 589. The van der Waals surface area contributed by atoms with Gasteiger partial charge in [-0.2, -0.15) is 0 Å². The van der Waals surface area contributed by atoms with Crippen LogP contribution in [0.5, 0.6) is 0 Å². The summed E-state index contributed by atoms with van der Waals surface area (Å²) < 4.78 is 5.36. The van der Waals surface area contributed by atoms with Gasteiger partial charge in [-0.1, -0.05) is 13.8 Å². The van der Waals surface area contributed by atoms with Crippen LogP contribution in [-0.2, 0) is 9.53 Å². The Morgan fingerprint density at radius 1 is 1.36 bits per heavy atom. The molecular weight excluding hydrogens is 318 g/mol. The summed E-state index contributed by atoms with van der Waals surface area (Å²) in [6, 6.07) is 2.12. The molecule has 3 rings (SSSR count). The molecular formula is C18H29N5O2. The van der Waals surface area contributed by atoms with Crippen LogP contribution in [0, 0.1) is 18.8 Å². The monoisotopic (exact) mass is 347 g/mol. The Kier molecular flexibility index (Phi) is 5.86. The number of aryl methyl sites for hydroxylation is 1. The maximum Gasteiger partial charge on any atom is 0.236 e. The van der Waals surface area contributed by atoms with Crippen molar-refractivity contribution in [2.24, 2.45) is 11.8 Å². The van der Waals surface area contributed by atoms with E-state index in [1.807, 2.05) is 17.9 Å². The van der Waals surface area contributed by atoms with Crippen molar-refractivity contribution in [1.82, 2.24) is 19.8 Å². The molecule has 7 heteroatoms. The van der Waals surface area contributed by atoms with Crippen molar-refractivity contribution in [3.8, 4) is 0 Å². The number of ether oxygens (including phenoxy) is 1. The standard InChI is InChI=1S/C18H29N5O2/c1-13(2)15-10-23(18(24)12-22-6-8-25-9-7-22)11-16(15)21-17-4-5-19-14(3)20-17/h4-5,13,15-16H,6-12H2,1-3H3,(H,19,20,21). The van der Waals surface area contributed by atoms with Crippen LogP contribution >= 0.6 is 0 Å². The maximum atomic E-state index is 12.7. The van der Waals surface area contributed by atoms with E-state index in [-0.39, 0.29) is 11.9 Å². The quantitative estimate of drug-likeness (QED) is 0.857. The predicted octanol–water partition coefficient (Wildman–Crippen LogP) is 1.01. The summed E-state index contributed by atoms with van der Waals surface area (Å²) in [5.74, 6) is 2.73. The molecule has 1 N–H and O–H groups in total. The smallest absolute Gasteiger partial charge is 0.236 e. The van der Waals surface area contributed by atoms with E-state index in [1.54, 1.807) is 6.20 Å². The molecule has 138 valence electrons. The lowest BCUT2D eigenvalue weighted by molar-refractivity contribution is -0.132. The van der Waals surface area contributed by atoms with Gasteiger partial charge in [-0.3, -0.25) is 9.69 Å². The van der Waals surface area contributed by atoms with Crippen LogP contribution < -0.4 is 5.32 Å². The van der Waals surface area contributed by atoms with Crippen LogP contribution in [0.3, 0.4) is 0 Å². The number of nitrogens with zero attached hydrogens (tertiary/aromatic N) is 4. The van der Waals surface area contributed by atoms with Crippen LogP contribution in [0.15, 0.2) is 12.3 Å². The molecule has 3 heterocycles. The lowest BCUT2D eigenvalue weighted by Gasteiger charge is -2.28. The lowest BCUT2D eigenvalue weighted by Crippen LogP contribution is -2.44. The van der Waals surface area contributed by atoms with Crippen LogP contribution in [-0.4, -0.2) is 77.7 Å². The first-order chi connectivity index (χ1) is 12.0. The van der Waals surface area contributed by atoms with Crippen molar-refractivity contribution in [2.75, 3.05) is 51.3 Å². The molecule has 2 saturated heterocycles. The predicted molar refractivity (Wildman–Crippen MR) is 96.3 cm³/mol. The van der Waals surface area contributed by atoms with Gasteiger partial charge in [-0.15, -0.1) is 0 Å². The van der Waals surface area contributed by atoms with Crippen LogP contribution in [0.1, 0.15) is 19.7 Å². The topological polar surface area (TPSA) is 70.6 Å². The van der Waals surface area contributed by atoms with E-state index >= 15 is 0 Å². The Balaban J connectivity index is 1.62. The average molecular weight is 347 g/mol. The number of hydrogen-bond acceptors (Lipinski definition) is 6. The summed E-state index contributed by atoms with van der Waals surface area (Å²) in [5.41, 5.74) is 0. The molecule has 1 aromatic heterocycles. The molecule has 1 amide bonds. The molecule has 7 nitrogen and oxygen atoms in total. The first-order valence-corrected chi connectivity index (χ1v) is 9.17. The van der Waals surface area contributed by atoms with E-state index in [0.717, 1.165) is 51.0 Å². The largest absolute Gasteiger partial charge is 0.379 e. The first-order valence-electron chi connectivity index (χ1n) is 9.17. The summed E-state index contributed by atoms with van der Waals surface area (Å²) >= 11 is 0. The van der Waals surface area contributed by atoms with Crippen molar-refractivity contribution in [3.63, 3.8) is 0 Å². The molecule has 0 saturated carbocycles. The number of aromatic nitrogens is 2. The molecule has 0 radical (unpaired) electrons. The van der Waals surface area contributed by atoms with E-state index in [9.17, 15) is 4.79 Å². The van der Waals surface area contributed by atoms with Gasteiger partial charge in [-0.05, 0) is 18.9 Å². The third-order valence-corrected chi connectivity index (χ3v) is 5.15. The second-order valence-corrected chi connectivity index (χ2v) is 7.34. The number of carbonyl (C=O) groups is 1. The van der Waals surface area contributed by atoms with E-state index in [0.29, 0.717) is 18.4 Å². The van der Waals surface area contributed by atoms with Gasteiger partial charge >= 0.3 is 0 Å². The van der Waals surface area contributed by atoms with E-state index < -0.39 is 0 Å². The van der Waals surface area contributed by atoms with Gasteiger partial charge in [0.25, 0.3) is 0 Å². The second kappa shape index (κ2) is 8.10. The van der Waals surface area contributed by atoms with Crippen molar-refractivity contribution in [2.45, 2.75) is 26.8 Å². The number of anilines is 1. The zero-order chi connectivity index (χ0) is 17.8. The summed E-state index contributed by atoms with van der Waals surface area (Å²) in [6.45, 7) is 11.5. The van der Waals surface area contributed by atoms with Gasteiger partial charge in [-0.25, -0.2) is 9.97 Å². The van der Waals surface area contributed by atoms with Crippen molar-refractivity contribution in [1.29, 1.82) is 0 Å². The van der Waals surface area contributed by atoms with Crippen LogP contribution in [0.4, 0.5) is 5.82 Å². The molecule has 2 unspecified atom stereocenters. The highest BCUT2D eigenvalue weighted by Gasteiger charge is 2.37. The number of likely N-dealkylation sites (tertiary alicyclic amines) is 1. The minimum Gasteiger partial charge on any atom is -0.379 e. The van der Waals surface area contributed by atoms with Gasteiger partial charge in [0.1, 0.15) is 11.6 Å². The number of amides is 1. The molecule has 0 spiro atoms. The third-order valence-electron chi connectivity index (χ3n) is 5.15. The normalized spacial score (nSPS) is 24.7. The molecule has 0 bridgehead atoms. The fraction of sp³-hybridized carbons (Fsp3) is 0.722.